The molecule has 2 aromatic carbocycles. The van der Waals surface area contributed by atoms with Gasteiger partial charge in [0.15, 0.2) is 10.9 Å². The van der Waals surface area contributed by atoms with Gasteiger partial charge in [-0.2, -0.15) is 0 Å². The topological polar surface area (TPSA) is 87.8 Å². The molecule has 5 aromatic rings. The minimum atomic E-state index is -0.868. The maximum atomic E-state index is 13.5. The molecule has 0 saturated carbocycles. The van der Waals surface area contributed by atoms with Crippen LogP contribution in [0.5, 0.6) is 0 Å². The Morgan fingerprint density at radius 3 is 2.56 bits per heavy atom. The molecule has 0 spiro atoms. The van der Waals surface area contributed by atoms with Crippen LogP contribution in [0.4, 0.5) is 5.13 Å². The number of benzene rings is 2. The Morgan fingerprint density at radius 1 is 1.03 bits per heavy atom. The van der Waals surface area contributed by atoms with Crippen molar-refractivity contribution in [1.29, 1.82) is 0 Å². The largest absolute Gasteiger partial charge is 0.505 e. The summed E-state index contributed by atoms with van der Waals surface area (Å²) in [7, 11) is 0. The number of Topliss-reactive ketones (excluding diaryl/α,β-unsaturated/α-hetero) is 1. The lowest BCUT2D eigenvalue weighted by molar-refractivity contribution is -0.132. The quantitative estimate of drug-likeness (QED) is 0.186. The number of amides is 1. The van der Waals surface area contributed by atoms with Crippen molar-refractivity contribution in [3.05, 3.63) is 100.0 Å². The lowest BCUT2D eigenvalue weighted by atomic mass is 9.96. The minimum Gasteiger partial charge on any atom is -0.505 e. The maximum absolute atomic E-state index is 13.5. The monoisotopic (exact) mass is 514 g/mol. The van der Waals surface area contributed by atoms with Gasteiger partial charge in [-0.3, -0.25) is 14.5 Å². The predicted octanol–water partition coefficient (Wildman–Crippen LogP) is 5.84. The van der Waals surface area contributed by atoms with Crippen LogP contribution in [-0.4, -0.2) is 31.2 Å². The fraction of sp³-hybridized carbons (Fsp3) is 0.111. The Labute approximate surface area is 214 Å². The molecule has 178 valence electrons. The van der Waals surface area contributed by atoms with E-state index in [-0.39, 0.29) is 17.0 Å². The third-order valence-electron chi connectivity index (χ3n) is 6.41. The molecule has 1 fully saturated rings. The molecule has 1 aliphatic rings. The molecule has 36 heavy (non-hydrogen) atoms. The van der Waals surface area contributed by atoms with Gasteiger partial charge < -0.3 is 9.51 Å². The highest BCUT2D eigenvalue weighted by Gasteiger charge is 2.48. The number of aliphatic hydroxyl groups excluding tert-OH is 1. The number of hydrogen-bond acceptors (Lipinski definition) is 6. The first-order valence-electron chi connectivity index (χ1n) is 11.2. The molecule has 0 aliphatic carbocycles. The second-order valence-electron chi connectivity index (χ2n) is 8.62. The highest BCUT2D eigenvalue weighted by atomic mass is 35.5. The first-order valence-corrected chi connectivity index (χ1v) is 12.4. The first-order chi connectivity index (χ1) is 17.3. The molecular weight excluding hydrogens is 496 g/mol. The van der Waals surface area contributed by atoms with Crippen LogP contribution in [-0.2, 0) is 9.59 Å². The van der Waals surface area contributed by atoms with Gasteiger partial charge in [0, 0.05) is 11.2 Å². The van der Waals surface area contributed by atoms with Crippen molar-refractivity contribution in [1.82, 2.24) is 14.4 Å². The number of carbonyl (C=O) groups is 2. The molecule has 0 radical (unpaired) electrons. The number of anilines is 1. The SMILES string of the molecule is Cc1cccn2c(C)c(C(O)=C3C(=O)C(=O)N(c4nc5ccc(Cl)cc5s4)C3c3ccccc3)nc12. The van der Waals surface area contributed by atoms with Gasteiger partial charge in [0.25, 0.3) is 5.78 Å². The third kappa shape index (κ3) is 3.33. The Hall–Kier alpha value is -4.01. The Morgan fingerprint density at radius 2 is 1.81 bits per heavy atom. The highest BCUT2D eigenvalue weighted by molar-refractivity contribution is 7.22. The van der Waals surface area contributed by atoms with Gasteiger partial charge >= 0.3 is 5.91 Å². The zero-order chi connectivity index (χ0) is 25.1. The van der Waals surface area contributed by atoms with Crippen molar-refractivity contribution in [2.24, 2.45) is 0 Å². The predicted molar refractivity (Wildman–Crippen MR) is 141 cm³/mol. The van der Waals surface area contributed by atoms with Crippen molar-refractivity contribution in [3.63, 3.8) is 0 Å². The highest BCUT2D eigenvalue weighted by Crippen LogP contribution is 2.44. The van der Waals surface area contributed by atoms with E-state index < -0.39 is 17.7 Å². The Bertz CT molecular complexity index is 1740. The molecule has 7 nitrogen and oxygen atoms in total. The number of thiazole rings is 1. The van der Waals surface area contributed by atoms with E-state index in [1.54, 1.807) is 18.2 Å². The molecule has 0 bridgehead atoms. The number of aliphatic hydroxyl groups is 1. The van der Waals surface area contributed by atoms with E-state index in [0.717, 1.165) is 10.3 Å². The molecule has 1 unspecified atom stereocenters. The molecule has 3 aromatic heterocycles. The normalized spacial score (nSPS) is 17.5. The van der Waals surface area contributed by atoms with E-state index in [0.29, 0.717) is 32.6 Å². The summed E-state index contributed by atoms with van der Waals surface area (Å²) in [6.45, 7) is 3.74. The summed E-state index contributed by atoms with van der Waals surface area (Å²) in [5.74, 6) is -1.85. The van der Waals surface area contributed by atoms with Crippen molar-refractivity contribution in [2.45, 2.75) is 19.9 Å². The van der Waals surface area contributed by atoms with E-state index in [2.05, 4.69) is 9.97 Å². The van der Waals surface area contributed by atoms with Crippen LogP contribution in [0.1, 0.15) is 28.6 Å². The molecule has 4 heterocycles. The number of nitrogens with zero attached hydrogens (tertiary/aromatic N) is 4. The molecule has 9 heteroatoms. The fourth-order valence-electron chi connectivity index (χ4n) is 4.64. The number of carbonyl (C=O) groups excluding carboxylic acids is 2. The average molecular weight is 515 g/mol. The van der Waals surface area contributed by atoms with Crippen LogP contribution in [0.2, 0.25) is 5.02 Å². The van der Waals surface area contributed by atoms with Crippen LogP contribution < -0.4 is 4.90 Å². The van der Waals surface area contributed by atoms with Gasteiger partial charge in [-0.15, -0.1) is 0 Å². The zero-order valence-electron chi connectivity index (χ0n) is 19.3. The molecular formula is C27H19ClN4O3S. The van der Waals surface area contributed by atoms with Crippen LogP contribution in [0.3, 0.4) is 0 Å². The van der Waals surface area contributed by atoms with Crippen molar-refractivity contribution in [3.8, 4) is 0 Å². The van der Waals surface area contributed by atoms with Crippen LogP contribution in [0.25, 0.3) is 21.6 Å². The molecule has 1 saturated heterocycles. The van der Waals surface area contributed by atoms with Gasteiger partial charge in [0.2, 0.25) is 0 Å². The number of aryl methyl sites for hydroxylation is 2. The van der Waals surface area contributed by atoms with Crippen LogP contribution >= 0.6 is 22.9 Å². The zero-order valence-corrected chi connectivity index (χ0v) is 20.8. The van der Waals surface area contributed by atoms with Crippen molar-refractivity contribution >= 4 is 61.4 Å². The second kappa shape index (κ2) is 8.29. The number of rotatable bonds is 3. The molecule has 1 amide bonds. The van der Waals surface area contributed by atoms with E-state index in [4.69, 9.17) is 11.6 Å². The maximum Gasteiger partial charge on any atom is 0.301 e. The number of ketones is 1. The first kappa shape index (κ1) is 22.5. The lowest BCUT2D eigenvalue weighted by Gasteiger charge is -2.22. The van der Waals surface area contributed by atoms with Gasteiger partial charge in [-0.25, -0.2) is 9.97 Å². The summed E-state index contributed by atoms with van der Waals surface area (Å²) in [5.41, 5.74) is 3.84. The van der Waals surface area contributed by atoms with Crippen molar-refractivity contribution in [2.75, 3.05) is 4.90 Å². The summed E-state index contributed by atoms with van der Waals surface area (Å²) in [6.07, 6.45) is 1.85. The molecule has 1 N–H and O–H groups in total. The van der Waals surface area contributed by atoms with E-state index in [9.17, 15) is 14.7 Å². The number of imidazole rings is 1. The Balaban J connectivity index is 1.59. The second-order valence-corrected chi connectivity index (χ2v) is 10.1. The van der Waals surface area contributed by atoms with E-state index >= 15 is 0 Å². The summed E-state index contributed by atoms with van der Waals surface area (Å²) >= 11 is 7.42. The minimum absolute atomic E-state index is 0.0207. The number of pyridine rings is 1. The fourth-order valence-corrected chi connectivity index (χ4v) is 5.91. The molecule has 6 rings (SSSR count). The van der Waals surface area contributed by atoms with E-state index in [1.165, 1.54) is 16.2 Å². The summed E-state index contributed by atoms with van der Waals surface area (Å²) in [4.78, 5) is 37.5. The van der Waals surface area contributed by atoms with Gasteiger partial charge in [0.1, 0.15) is 11.3 Å². The smallest absolute Gasteiger partial charge is 0.301 e. The van der Waals surface area contributed by atoms with Gasteiger partial charge in [-0.05, 0) is 49.2 Å². The third-order valence-corrected chi connectivity index (χ3v) is 7.67. The van der Waals surface area contributed by atoms with Gasteiger partial charge in [0.05, 0.1) is 27.5 Å². The van der Waals surface area contributed by atoms with Crippen molar-refractivity contribution < 1.29 is 14.7 Å². The van der Waals surface area contributed by atoms with Crippen LogP contribution in [0, 0.1) is 13.8 Å². The average Bonchev–Trinajstić information content (AvgIpc) is 3.52. The number of halogens is 1. The molecule has 1 aliphatic heterocycles. The lowest BCUT2D eigenvalue weighted by Crippen LogP contribution is -2.29. The summed E-state index contributed by atoms with van der Waals surface area (Å²) in [6, 6.07) is 17.4. The van der Waals surface area contributed by atoms with Gasteiger partial charge in [-0.1, -0.05) is 59.3 Å². The van der Waals surface area contributed by atoms with E-state index in [1.807, 2.05) is 66.9 Å². The standard InChI is InChI=1S/C27H19ClN4O3S/c1-14-7-6-12-31-15(2)21(30-25(14)31)23(33)20-22(16-8-4-3-5-9-16)32(26(35)24(20)34)27-29-18-11-10-17(28)13-19(18)36-27/h3-13,22,33H,1-2H3. The summed E-state index contributed by atoms with van der Waals surface area (Å²) in [5, 5.41) is 12.4. The number of fused-ring (bicyclic) bond motifs is 2. The molecule has 1 atom stereocenters. The summed E-state index contributed by atoms with van der Waals surface area (Å²) < 4.78 is 2.65. The van der Waals surface area contributed by atoms with Crippen LogP contribution in [0.15, 0.2) is 72.4 Å². The Kier molecular flexibility index (Phi) is 5.17. The number of aromatic nitrogens is 3. The number of hydrogen-bond donors (Lipinski definition) is 1.